The largest absolute Gasteiger partial charge is 0.465 e. The number of nitrogens with one attached hydrogen (secondary N) is 1. The van der Waals surface area contributed by atoms with Gasteiger partial charge in [-0.2, -0.15) is 5.10 Å². The maximum Gasteiger partial charge on any atom is 0.337 e. The molecule has 1 heterocycles. The molecule has 1 amide bonds. The number of anilines is 1. The van der Waals surface area contributed by atoms with Crippen molar-refractivity contribution in [1.29, 1.82) is 0 Å². The van der Waals surface area contributed by atoms with Crippen molar-refractivity contribution in [3.8, 4) is 5.69 Å². The minimum atomic E-state index is -0.653. The summed E-state index contributed by atoms with van der Waals surface area (Å²) in [6, 6.07) is 15.4. The molecular weight excluding hydrogens is 358 g/mol. The van der Waals surface area contributed by atoms with Crippen LogP contribution in [0.1, 0.15) is 32.1 Å². The highest BCUT2D eigenvalue weighted by molar-refractivity contribution is 6.04. The van der Waals surface area contributed by atoms with E-state index in [1.807, 2.05) is 30.3 Å². The Kier molecular flexibility index (Phi) is 5.35. The van der Waals surface area contributed by atoms with Crippen LogP contribution in [-0.4, -0.2) is 28.8 Å². The monoisotopic (exact) mass is 377 g/mol. The standard InChI is InChI=1S/C21H19N3O4/c1-13-9-10-15(21(27)28-3)12-17(13)22-20(26)19-18(25)11-14(2)24(23-19)16-7-5-4-6-8-16/h4-12H,1-3H3,(H,22,26). The van der Waals surface area contributed by atoms with Crippen molar-refractivity contribution in [2.24, 2.45) is 0 Å². The Balaban J connectivity index is 1.98. The van der Waals surface area contributed by atoms with E-state index in [0.717, 1.165) is 11.3 Å². The quantitative estimate of drug-likeness (QED) is 0.706. The molecule has 28 heavy (non-hydrogen) atoms. The number of amides is 1. The Morgan fingerprint density at radius 1 is 1.04 bits per heavy atom. The Hall–Kier alpha value is -3.74. The lowest BCUT2D eigenvalue weighted by molar-refractivity contribution is 0.0600. The number of nitrogens with zero attached hydrogens (tertiary/aromatic N) is 2. The number of esters is 1. The summed E-state index contributed by atoms with van der Waals surface area (Å²) in [6.07, 6.45) is 0. The van der Waals surface area contributed by atoms with Crippen LogP contribution in [0.15, 0.2) is 59.4 Å². The molecule has 2 aromatic carbocycles. The van der Waals surface area contributed by atoms with Crippen LogP contribution in [0.3, 0.4) is 0 Å². The number of para-hydroxylation sites is 1. The molecular formula is C21H19N3O4. The summed E-state index contributed by atoms with van der Waals surface area (Å²) < 4.78 is 6.24. The van der Waals surface area contributed by atoms with Crippen LogP contribution in [0.5, 0.6) is 0 Å². The van der Waals surface area contributed by atoms with Crippen LogP contribution in [0.25, 0.3) is 5.69 Å². The smallest absolute Gasteiger partial charge is 0.337 e. The number of ether oxygens (including phenoxy) is 1. The van der Waals surface area contributed by atoms with Gasteiger partial charge in [0, 0.05) is 17.4 Å². The van der Waals surface area contributed by atoms with E-state index in [1.165, 1.54) is 23.9 Å². The minimum Gasteiger partial charge on any atom is -0.465 e. The molecule has 0 saturated carbocycles. The summed E-state index contributed by atoms with van der Waals surface area (Å²) in [5.41, 5.74) is 2.05. The van der Waals surface area contributed by atoms with Crippen molar-refractivity contribution in [2.45, 2.75) is 13.8 Å². The third kappa shape index (κ3) is 3.83. The van der Waals surface area contributed by atoms with Crippen molar-refractivity contribution >= 4 is 17.6 Å². The van der Waals surface area contributed by atoms with Crippen LogP contribution >= 0.6 is 0 Å². The first-order valence-corrected chi connectivity index (χ1v) is 8.57. The summed E-state index contributed by atoms with van der Waals surface area (Å²) in [4.78, 5) is 36.8. The molecule has 0 bridgehead atoms. The van der Waals surface area contributed by atoms with Gasteiger partial charge in [0.25, 0.3) is 5.91 Å². The summed E-state index contributed by atoms with van der Waals surface area (Å²) in [6.45, 7) is 3.52. The van der Waals surface area contributed by atoms with Crippen LogP contribution in [-0.2, 0) is 4.74 Å². The van der Waals surface area contributed by atoms with E-state index in [0.29, 0.717) is 16.9 Å². The predicted octanol–water partition coefficient (Wildman–Crippen LogP) is 2.89. The van der Waals surface area contributed by atoms with Crippen molar-refractivity contribution in [2.75, 3.05) is 12.4 Å². The topological polar surface area (TPSA) is 90.3 Å². The highest BCUT2D eigenvalue weighted by atomic mass is 16.5. The van der Waals surface area contributed by atoms with Gasteiger partial charge in [-0.1, -0.05) is 24.3 Å². The molecule has 3 rings (SSSR count). The van der Waals surface area contributed by atoms with E-state index >= 15 is 0 Å². The molecule has 0 radical (unpaired) electrons. The zero-order chi connectivity index (χ0) is 20.3. The van der Waals surface area contributed by atoms with Gasteiger partial charge in [-0.15, -0.1) is 0 Å². The molecule has 0 aliphatic heterocycles. The van der Waals surface area contributed by atoms with E-state index in [2.05, 4.69) is 10.4 Å². The van der Waals surface area contributed by atoms with E-state index < -0.39 is 17.3 Å². The SMILES string of the molecule is COC(=O)c1ccc(C)c(NC(=O)c2nn(-c3ccccc3)c(C)cc2=O)c1. The van der Waals surface area contributed by atoms with Gasteiger partial charge in [-0.25, -0.2) is 9.48 Å². The fourth-order valence-corrected chi connectivity index (χ4v) is 2.72. The summed E-state index contributed by atoms with van der Waals surface area (Å²) in [7, 11) is 1.28. The normalized spacial score (nSPS) is 10.4. The number of benzene rings is 2. The van der Waals surface area contributed by atoms with Gasteiger partial charge in [0.1, 0.15) is 0 Å². The molecule has 0 spiro atoms. The lowest BCUT2D eigenvalue weighted by Crippen LogP contribution is -2.27. The number of hydrogen-bond donors (Lipinski definition) is 1. The van der Waals surface area contributed by atoms with Crippen molar-refractivity contribution in [3.05, 3.63) is 87.3 Å². The Labute approximate surface area is 161 Å². The molecule has 7 heteroatoms. The lowest BCUT2D eigenvalue weighted by Gasteiger charge is -2.12. The summed E-state index contributed by atoms with van der Waals surface area (Å²) >= 11 is 0. The zero-order valence-corrected chi connectivity index (χ0v) is 15.7. The third-order valence-electron chi connectivity index (χ3n) is 4.23. The molecule has 0 atom stereocenters. The number of carbonyl (C=O) groups is 2. The average Bonchev–Trinajstić information content (AvgIpc) is 2.69. The van der Waals surface area contributed by atoms with Crippen LogP contribution in [0.2, 0.25) is 0 Å². The van der Waals surface area contributed by atoms with Gasteiger partial charge in [0.15, 0.2) is 5.69 Å². The van der Waals surface area contributed by atoms with E-state index in [4.69, 9.17) is 4.74 Å². The van der Waals surface area contributed by atoms with Crippen molar-refractivity contribution in [1.82, 2.24) is 9.78 Å². The number of rotatable bonds is 4. The van der Waals surface area contributed by atoms with Gasteiger partial charge >= 0.3 is 5.97 Å². The number of carbonyl (C=O) groups excluding carboxylic acids is 2. The fourth-order valence-electron chi connectivity index (χ4n) is 2.72. The lowest BCUT2D eigenvalue weighted by atomic mass is 10.1. The fraction of sp³-hybridized carbons (Fsp3) is 0.143. The maximum atomic E-state index is 12.7. The summed E-state index contributed by atoms with van der Waals surface area (Å²) in [5.74, 6) is -1.17. The first kappa shape index (κ1) is 19.0. The number of aryl methyl sites for hydroxylation is 2. The second-order valence-electron chi connectivity index (χ2n) is 6.22. The van der Waals surface area contributed by atoms with E-state index in [9.17, 15) is 14.4 Å². The zero-order valence-electron chi connectivity index (χ0n) is 15.7. The summed E-state index contributed by atoms with van der Waals surface area (Å²) in [5, 5.41) is 6.90. The molecule has 142 valence electrons. The maximum absolute atomic E-state index is 12.7. The molecule has 0 aliphatic carbocycles. The van der Waals surface area contributed by atoms with Crippen LogP contribution in [0, 0.1) is 13.8 Å². The number of methoxy groups -OCH3 is 1. The molecule has 1 N–H and O–H groups in total. The van der Waals surface area contributed by atoms with E-state index in [-0.39, 0.29) is 5.69 Å². The van der Waals surface area contributed by atoms with E-state index in [1.54, 1.807) is 26.0 Å². The Morgan fingerprint density at radius 2 is 1.75 bits per heavy atom. The van der Waals surface area contributed by atoms with Crippen molar-refractivity contribution < 1.29 is 14.3 Å². The van der Waals surface area contributed by atoms with Crippen LogP contribution < -0.4 is 10.7 Å². The van der Waals surface area contributed by atoms with Gasteiger partial charge in [-0.3, -0.25) is 9.59 Å². The molecule has 3 aromatic rings. The second-order valence-corrected chi connectivity index (χ2v) is 6.22. The highest BCUT2D eigenvalue weighted by Gasteiger charge is 2.17. The number of hydrogen-bond acceptors (Lipinski definition) is 5. The first-order valence-electron chi connectivity index (χ1n) is 8.57. The Morgan fingerprint density at radius 3 is 2.43 bits per heavy atom. The second kappa shape index (κ2) is 7.87. The predicted molar refractivity (Wildman–Crippen MR) is 105 cm³/mol. The average molecular weight is 377 g/mol. The minimum absolute atomic E-state index is 0.239. The Bertz CT molecular complexity index is 1100. The van der Waals surface area contributed by atoms with Gasteiger partial charge in [-0.05, 0) is 43.7 Å². The molecule has 0 aliphatic rings. The van der Waals surface area contributed by atoms with Gasteiger partial charge < -0.3 is 10.1 Å². The van der Waals surface area contributed by atoms with Crippen molar-refractivity contribution in [3.63, 3.8) is 0 Å². The molecule has 7 nitrogen and oxygen atoms in total. The molecule has 0 fully saturated rings. The number of aromatic nitrogens is 2. The van der Waals surface area contributed by atoms with Gasteiger partial charge in [0.05, 0.1) is 18.4 Å². The highest BCUT2D eigenvalue weighted by Crippen LogP contribution is 2.18. The van der Waals surface area contributed by atoms with Gasteiger partial charge in [0.2, 0.25) is 5.43 Å². The molecule has 1 aromatic heterocycles. The van der Waals surface area contributed by atoms with Crippen LogP contribution in [0.4, 0.5) is 5.69 Å². The third-order valence-corrected chi connectivity index (χ3v) is 4.23. The molecule has 0 unspecified atom stereocenters. The molecule has 0 saturated heterocycles. The first-order chi connectivity index (χ1) is 13.4.